The van der Waals surface area contributed by atoms with E-state index in [1.807, 2.05) is 6.07 Å². The predicted octanol–water partition coefficient (Wildman–Crippen LogP) is 1.85. The van der Waals surface area contributed by atoms with E-state index in [9.17, 15) is 15.0 Å². The minimum atomic E-state index is -1.44. The van der Waals surface area contributed by atoms with Gasteiger partial charge in [0.15, 0.2) is 0 Å². The summed E-state index contributed by atoms with van der Waals surface area (Å²) in [5.74, 6) is -1.06. The Morgan fingerprint density at radius 1 is 1.10 bits per heavy atom. The summed E-state index contributed by atoms with van der Waals surface area (Å²) in [6, 6.07) is 7.04. The van der Waals surface area contributed by atoms with Crippen LogP contribution in [-0.2, 0) is 18.9 Å². The molecule has 1 heterocycles. The van der Waals surface area contributed by atoms with E-state index in [0.717, 1.165) is 6.54 Å². The lowest BCUT2D eigenvalue weighted by molar-refractivity contribution is -0.337. The predicted molar refractivity (Wildman–Crippen MR) is 142 cm³/mol. The average molecular weight is 543 g/mol. The van der Waals surface area contributed by atoms with Crippen LogP contribution >= 0.6 is 0 Å². The van der Waals surface area contributed by atoms with E-state index in [1.165, 1.54) is 0 Å². The second-order valence-corrected chi connectivity index (χ2v) is 13.0. The lowest BCUT2D eigenvalue weighted by atomic mass is 9.44. The highest BCUT2D eigenvalue weighted by Gasteiger charge is 2.89. The number of aliphatic hydroxyl groups is 2. The van der Waals surface area contributed by atoms with Gasteiger partial charge in [-0.15, -0.1) is 0 Å². The number of likely N-dealkylation sites (N-methyl/N-ethyl adjacent to an activating group) is 1. The van der Waals surface area contributed by atoms with Gasteiger partial charge in [0, 0.05) is 75.1 Å². The van der Waals surface area contributed by atoms with Crippen molar-refractivity contribution in [1.82, 2.24) is 4.90 Å². The summed E-state index contributed by atoms with van der Waals surface area (Å²) in [4.78, 5) is 16.1. The number of ether oxygens (including phenoxy) is 4. The Bertz CT molecular complexity index is 1180. The van der Waals surface area contributed by atoms with Gasteiger partial charge in [0.1, 0.15) is 16.8 Å². The van der Waals surface area contributed by atoms with Crippen molar-refractivity contribution in [2.75, 3.05) is 40.2 Å². The molecule has 7 bridgehead atoms. The summed E-state index contributed by atoms with van der Waals surface area (Å²) in [7, 11) is 5.09. The largest absolute Gasteiger partial charge is 0.454 e. The minimum Gasteiger partial charge on any atom is -0.454 e. The number of nitrogen functional groups attached to an aromatic ring is 1. The third-order valence-electron chi connectivity index (χ3n) is 12.4. The number of hydrogen-bond acceptors (Lipinski definition) is 9. The van der Waals surface area contributed by atoms with Crippen LogP contribution in [0.1, 0.15) is 49.4 Å². The van der Waals surface area contributed by atoms with Gasteiger partial charge in [-0.2, -0.15) is 0 Å². The second kappa shape index (κ2) is 8.39. The first-order valence-electron chi connectivity index (χ1n) is 14.5. The quantitative estimate of drug-likeness (QED) is 0.365. The number of likely N-dealkylation sites (tertiary alicyclic amines) is 1. The molecule has 1 aromatic carbocycles. The van der Waals surface area contributed by atoms with Gasteiger partial charge in [-0.25, -0.2) is 4.79 Å². The highest BCUT2D eigenvalue weighted by atomic mass is 16.6. The highest BCUT2D eigenvalue weighted by molar-refractivity contribution is 5.95. The molecule has 6 fully saturated rings. The molecule has 214 valence electrons. The Kier molecular flexibility index (Phi) is 5.63. The fraction of sp³-hybridized carbons (Fsp3) is 0.767. The number of piperidine rings is 1. The van der Waals surface area contributed by atoms with Crippen LogP contribution in [-0.4, -0.2) is 96.7 Å². The standard InChI is InChI=1S/C30H42N2O7/c1-5-32-15-27(39-26(33)16-8-6-7-9-19(16)31)11-10-23(37-3)29-21(27)13-18(24(29)32)28(34)14-20(36-2)17-12-22(29)30(28,35)25(17)38-4/h6-9,17-18,20-25,34-35H,5,10-15,31H2,1-4H3/t17-,18?,20-,21+,22+,23?,24?,25-,27+,28-,29?,30-/m0/s1. The minimum absolute atomic E-state index is 0.00601. The molecule has 9 nitrogen and oxygen atoms in total. The first kappa shape index (κ1) is 26.2. The highest BCUT2D eigenvalue weighted by Crippen LogP contribution is 2.79. The summed E-state index contributed by atoms with van der Waals surface area (Å²) in [6.45, 7) is 3.47. The summed E-state index contributed by atoms with van der Waals surface area (Å²) in [6.07, 6.45) is 2.17. The van der Waals surface area contributed by atoms with Crippen LogP contribution in [0.4, 0.5) is 5.69 Å². The summed E-state index contributed by atoms with van der Waals surface area (Å²) < 4.78 is 24.9. The number of nitrogens with zero attached hydrogens (tertiary/aromatic N) is 1. The third-order valence-corrected chi connectivity index (χ3v) is 12.4. The maximum absolute atomic E-state index is 13.7. The molecule has 1 aliphatic heterocycles. The Hall–Kier alpha value is -1.75. The molecule has 1 spiro atoms. The number of esters is 1. The molecule has 6 aliphatic rings. The number of carbonyl (C=O) groups excluding carboxylic acids is 1. The molecule has 39 heavy (non-hydrogen) atoms. The summed E-state index contributed by atoms with van der Waals surface area (Å²) in [5.41, 5.74) is 2.84. The molecule has 5 aliphatic carbocycles. The van der Waals surface area contributed by atoms with E-state index in [2.05, 4.69) is 11.8 Å². The van der Waals surface area contributed by atoms with Gasteiger partial charge in [-0.05, 0) is 44.4 Å². The summed E-state index contributed by atoms with van der Waals surface area (Å²) in [5, 5.41) is 25.6. The van der Waals surface area contributed by atoms with E-state index in [-0.39, 0.29) is 41.9 Å². The molecule has 5 saturated carbocycles. The first-order valence-corrected chi connectivity index (χ1v) is 14.5. The third kappa shape index (κ3) is 2.80. The number of carbonyl (C=O) groups is 1. The fourth-order valence-electron chi connectivity index (χ4n) is 11.3. The molecule has 1 saturated heterocycles. The number of para-hydroxylation sites is 1. The van der Waals surface area contributed by atoms with Crippen LogP contribution < -0.4 is 5.73 Å². The van der Waals surface area contributed by atoms with Gasteiger partial charge in [0.05, 0.1) is 23.9 Å². The molecule has 9 heteroatoms. The van der Waals surface area contributed by atoms with Crippen molar-refractivity contribution in [1.29, 1.82) is 0 Å². The van der Waals surface area contributed by atoms with Crippen LogP contribution in [0.2, 0.25) is 0 Å². The van der Waals surface area contributed by atoms with E-state index in [4.69, 9.17) is 24.7 Å². The second-order valence-electron chi connectivity index (χ2n) is 13.0. The molecule has 4 N–H and O–H groups in total. The number of methoxy groups -OCH3 is 3. The molecule has 0 aromatic heterocycles. The number of fused-ring (bicyclic) bond motifs is 2. The van der Waals surface area contributed by atoms with Gasteiger partial charge >= 0.3 is 5.97 Å². The average Bonchev–Trinajstić information content (AvgIpc) is 3.35. The van der Waals surface area contributed by atoms with Gasteiger partial charge in [0.2, 0.25) is 0 Å². The molecule has 12 atom stereocenters. The normalized spacial score (nSPS) is 51.1. The van der Waals surface area contributed by atoms with E-state index >= 15 is 0 Å². The Morgan fingerprint density at radius 3 is 2.54 bits per heavy atom. The lowest BCUT2D eigenvalue weighted by Gasteiger charge is -2.70. The zero-order chi connectivity index (χ0) is 27.5. The van der Waals surface area contributed by atoms with Gasteiger partial charge in [-0.1, -0.05) is 19.1 Å². The van der Waals surface area contributed by atoms with Crippen molar-refractivity contribution < 1.29 is 34.0 Å². The zero-order valence-corrected chi connectivity index (χ0v) is 23.3. The number of nitrogens with two attached hydrogens (primary N) is 1. The van der Waals surface area contributed by atoms with Crippen molar-refractivity contribution in [2.45, 2.75) is 80.2 Å². The van der Waals surface area contributed by atoms with Crippen molar-refractivity contribution in [3.05, 3.63) is 29.8 Å². The van der Waals surface area contributed by atoms with Crippen LogP contribution in [0.25, 0.3) is 0 Å². The molecule has 0 radical (unpaired) electrons. The SMILES string of the molecule is CCN1C[C@]2(OC(=O)c3ccccc3N)CCC(OC)C34C1C(C[C@@H]32)[C@@]1(O)C[C@H](OC)[C@@H]2C[C@H]4[C@]1(O)[C@H]2OC. The molecular formula is C30H42N2O7. The van der Waals surface area contributed by atoms with Crippen LogP contribution in [0.15, 0.2) is 24.3 Å². The maximum atomic E-state index is 13.7. The smallest absolute Gasteiger partial charge is 0.340 e. The van der Waals surface area contributed by atoms with Gasteiger partial charge in [0.25, 0.3) is 0 Å². The lowest BCUT2D eigenvalue weighted by Crippen LogP contribution is -2.83. The molecular weight excluding hydrogens is 500 g/mol. The molecule has 4 unspecified atom stereocenters. The fourth-order valence-corrected chi connectivity index (χ4v) is 11.3. The zero-order valence-electron chi connectivity index (χ0n) is 23.3. The maximum Gasteiger partial charge on any atom is 0.340 e. The topological polar surface area (TPSA) is 124 Å². The molecule has 7 rings (SSSR count). The van der Waals surface area contributed by atoms with Crippen LogP contribution in [0.5, 0.6) is 0 Å². The van der Waals surface area contributed by atoms with Crippen LogP contribution in [0, 0.1) is 29.1 Å². The number of benzene rings is 1. The summed E-state index contributed by atoms with van der Waals surface area (Å²) >= 11 is 0. The van der Waals surface area contributed by atoms with E-state index < -0.39 is 34.3 Å². The number of rotatable bonds is 6. The Morgan fingerprint density at radius 2 is 1.87 bits per heavy atom. The van der Waals surface area contributed by atoms with Crippen molar-refractivity contribution in [3.8, 4) is 0 Å². The number of anilines is 1. The van der Waals surface area contributed by atoms with Crippen molar-refractivity contribution >= 4 is 11.7 Å². The van der Waals surface area contributed by atoms with Crippen molar-refractivity contribution in [3.63, 3.8) is 0 Å². The monoisotopic (exact) mass is 542 g/mol. The van der Waals surface area contributed by atoms with Gasteiger partial charge < -0.3 is 34.9 Å². The Labute approximate surface area is 229 Å². The van der Waals surface area contributed by atoms with Crippen LogP contribution in [0.3, 0.4) is 0 Å². The molecule has 0 amide bonds. The van der Waals surface area contributed by atoms with E-state index in [0.29, 0.717) is 49.9 Å². The number of hydrogen-bond donors (Lipinski definition) is 3. The molecule has 1 aromatic rings. The van der Waals surface area contributed by atoms with Crippen molar-refractivity contribution in [2.24, 2.45) is 29.1 Å². The van der Waals surface area contributed by atoms with E-state index in [1.54, 1.807) is 39.5 Å². The van der Waals surface area contributed by atoms with Gasteiger partial charge in [-0.3, -0.25) is 4.90 Å². The Balaban J connectivity index is 1.42. The first-order chi connectivity index (χ1) is 18.7.